The van der Waals surface area contributed by atoms with Gasteiger partial charge in [-0.2, -0.15) is 10.1 Å². The number of fused-ring (bicyclic) bond motifs is 1. The predicted octanol–water partition coefficient (Wildman–Crippen LogP) is 3.32. The van der Waals surface area contributed by atoms with Crippen LogP contribution in [0, 0.1) is 11.3 Å². The summed E-state index contributed by atoms with van der Waals surface area (Å²) in [7, 11) is 0. The summed E-state index contributed by atoms with van der Waals surface area (Å²) in [5.41, 5.74) is 11.6. The number of benzene rings is 2. The molecule has 0 bridgehead atoms. The van der Waals surface area contributed by atoms with E-state index in [0.29, 0.717) is 41.4 Å². The summed E-state index contributed by atoms with van der Waals surface area (Å²) in [4.78, 5) is 24.1. The Morgan fingerprint density at radius 2 is 1.91 bits per heavy atom. The normalized spacial score (nSPS) is 15.5. The number of nitrogens with two attached hydrogens (primary N) is 1. The third kappa shape index (κ3) is 4.70. The van der Waals surface area contributed by atoms with E-state index in [4.69, 9.17) is 20.8 Å². The van der Waals surface area contributed by atoms with E-state index in [1.54, 1.807) is 9.69 Å². The predicted molar refractivity (Wildman–Crippen MR) is 131 cm³/mol. The SMILES string of the molecule is N#CCC(=O)N1CCCC(Nn2nc(-c3ccc(Oc4ccccc4)cc3)c3c(N)ncnc32)C1. The van der Waals surface area contributed by atoms with Gasteiger partial charge in [0.15, 0.2) is 5.65 Å². The number of amides is 1. The number of carbonyl (C=O) groups is 1. The van der Waals surface area contributed by atoms with Crippen LogP contribution in [0.25, 0.3) is 22.3 Å². The molecule has 1 atom stereocenters. The third-order valence-electron chi connectivity index (χ3n) is 5.91. The number of rotatable bonds is 6. The van der Waals surface area contributed by atoms with Crippen molar-refractivity contribution in [2.24, 2.45) is 0 Å². The molecule has 5 rings (SSSR count). The number of hydrogen-bond acceptors (Lipinski definition) is 8. The highest BCUT2D eigenvalue weighted by Crippen LogP contribution is 2.32. The highest BCUT2D eigenvalue weighted by molar-refractivity contribution is 5.98. The van der Waals surface area contributed by atoms with Crippen LogP contribution in [-0.2, 0) is 4.79 Å². The fourth-order valence-corrected chi connectivity index (χ4v) is 4.23. The van der Waals surface area contributed by atoms with Crippen LogP contribution in [-0.4, -0.2) is 49.8 Å². The topological polar surface area (TPSA) is 135 Å². The van der Waals surface area contributed by atoms with Crippen molar-refractivity contribution < 1.29 is 9.53 Å². The molecule has 0 spiro atoms. The molecular weight excluding hydrogens is 444 g/mol. The molecule has 4 aromatic rings. The molecule has 1 amide bonds. The van der Waals surface area contributed by atoms with Gasteiger partial charge in [0.1, 0.15) is 35.8 Å². The van der Waals surface area contributed by atoms with Gasteiger partial charge >= 0.3 is 0 Å². The number of aromatic nitrogens is 4. The van der Waals surface area contributed by atoms with Crippen molar-refractivity contribution in [3.8, 4) is 28.8 Å². The molecule has 0 saturated carbocycles. The van der Waals surface area contributed by atoms with Crippen molar-refractivity contribution in [2.45, 2.75) is 25.3 Å². The van der Waals surface area contributed by atoms with E-state index >= 15 is 0 Å². The number of anilines is 1. The summed E-state index contributed by atoms with van der Waals surface area (Å²) in [6.45, 7) is 1.14. The quantitative estimate of drug-likeness (QED) is 0.440. The molecule has 35 heavy (non-hydrogen) atoms. The zero-order chi connectivity index (χ0) is 24.2. The summed E-state index contributed by atoms with van der Waals surface area (Å²) in [5, 5.41) is 14.3. The number of ether oxygens (including phenoxy) is 1. The molecule has 3 N–H and O–H groups in total. The zero-order valence-electron chi connectivity index (χ0n) is 19.0. The second kappa shape index (κ2) is 9.69. The minimum atomic E-state index is -0.158. The van der Waals surface area contributed by atoms with Crippen LogP contribution in [0.4, 0.5) is 5.82 Å². The van der Waals surface area contributed by atoms with E-state index < -0.39 is 0 Å². The Balaban J connectivity index is 1.41. The first kappa shape index (κ1) is 22.2. The number of likely N-dealkylation sites (tertiary alicyclic amines) is 1. The maximum Gasteiger partial charge on any atom is 0.236 e. The first-order chi connectivity index (χ1) is 17.1. The molecule has 3 heterocycles. The van der Waals surface area contributed by atoms with Crippen LogP contribution in [0.5, 0.6) is 11.5 Å². The molecule has 176 valence electrons. The molecule has 1 saturated heterocycles. The number of piperidine rings is 1. The van der Waals surface area contributed by atoms with Crippen molar-refractivity contribution in [1.82, 2.24) is 24.8 Å². The van der Waals surface area contributed by atoms with E-state index in [-0.39, 0.29) is 18.4 Å². The van der Waals surface area contributed by atoms with Gasteiger partial charge in [-0.05, 0) is 49.2 Å². The molecule has 1 aliphatic heterocycles. The van der Waals surface area contributed by atoms with Gasteiger partial charge in [0.05, 0.1) is 17.5 Å². The Bertz CT molecular complexity index is 1380. The zero-order valence-corrected chi connectivity index (χ0v) is 19.0. The molecule has 1 aliphatic rings. The molecule has 10 nitrogen and oxygen atoms in total. The summed E-state index contributed by atoms with van der Waals surface area (Å²) < 4.78 is 5.89. The minimum Gasteiger partial charge on any atom is -0.457 e. The van der Waals surface area contributed by atoms with Gasteiger partial charge in [-0.3, -0.25) is 4.79 Å². The van der Waals surface area contributed by atoms with Crippen molar-refractivity contribution in [3.63, 3.8) is 0 Å². The van der Waals surface area contributed by atoms with Gasteiger partial charge < -0.3 is 20.8 Å². The molecule has 0 radical (unpaired) electrons. The van der Waals surface area contributed by atoms with E-state index in [1.807, 2.05) is 60.7 Å². The van der Waals surface area contributed by atoms with Crippen LogP contribution in [0.3, 0.4) is 0 Å². The van der Waals surface area contributed by atoms with Gasteiger partial charge in [-0.25, -0.2) is 9.97 Å². The molecule has 1 fully saturated rings. The highest BCUT2D eigenvalue weighted by atomic mass is 16.5. The van der Waals surface area contributed by atoms with E-state index in [9.17, 15) is 4.79 Å². The fraction of sp³-hybridized carbons (Fsp3) is 0.240. The second-order valence-corrected chi connectivity index (χ2v) is 8.30. The Labute approximate surface area is 201 Å². The summed E-state index contributed by atoms with van der Waals surface area (Å²) >= 11 is 0. The maximum atomic E-state index is 12.2. The Morgan fingerprint density at radius 3 is 2.69 bits per heavy atom. The van der Waals surface area contributed by atoms with Crippen LogP contribution in [0.15, 0.2) is 60.9 Å². The Kier molecular flexibility index (Phi) is 6.13. The van der Waals surface area contributed by atoms with Crippen molar-refractivity contribution in [3.05, 3.63) is 60.9 Å². The first-order valence-corrected chi connectivity index (χ1v) is 11.4. The van der Waals surface area contributed by atoms with Gasteiger partial charge in [-0.15, -0.1) is 5.10 Å². The Morgan fingerprint density at radius 1 is 1.14 bits per heavy atom. The first-order valence-electron chi connectivity index (χ1n) is 11.4. The number of nitriles is 1. The standard InChI is InChI=1S/C25H24N8O2/c26-13-12-21(34)32-14-4-5-18(15-32)30-33-25-22(24(27)28-16-29-25)23(31-33)17-8-10-20(11-9-17)35-19-6-2-1-3-7-19/h1-3,6-11,16,18,30H,4-5,12,14-15H2,(H2,27,28,29). The van der Waals surface area contributed by atoms with Crippen LogP contribution in [0.1, 0.15) is 19.3 Å². The van der Waals surface area contributed by atoms with Gasteiger partial charge in [0.25, 0.3) is 0 Å². The van der Waals surface area contributed by atoms with Crippen molar-refractivity contribution in [2.75, 3.05) is 24.2 Å². The van der Waals surface area contributed by atoms with Crippen molar-refractivity contribution >= 4 is 22.8 Å². The Hall–Kier alpha value is -4.65. The van der Waals surface area contributed by atoms with Gasteiger partial charge in [0.2, 0.25) is 5.91 Å². The molecule has 10 heteroatoms. The van der Waals surface area contributed by atoms with Crippen LogP contribution < -0.4 is 15.9 Å². The fourth-order valence-electron chi connectivity index (χ4n) is 4.23. The maximum absolute atomic E-state index is 12.2. The third-order valence-corrected chi connectivity index (χ3v) is 5.91. The number of hydrogen-bond donors (Lipinski definition) is 2. The highest BCUT2D eigenvalue weighted by Gasteiger charge is 2.25. The summed E-state index contributed by atoms with van der Waals surface area (Å²) in [5.74, 6) is 1.63. The summed E-state index contributed by atoms with van der Waals surface area (Å²) in [6.07, 6.45) is 2.98. The van der Waals surface area contributed by atoms with Crippen LogP contribution in [0.2, 0.25) is 0 Å². The molecule has 1 unspecified atom stereocenters. The number of para-hydroxylation sites is 1. The average molecular weight is 469 g/mol. The van der Waals surface area contributed by atoms with E-state index in [2.05, 4.69) is 15.4 Å². The lowest BCUT2D eigenvalue weighted by atomic mass is 10.1. The van der Waals surface area contributed by atoms with Gasteiger partial charge in [0, 0.05) is 18.7 Å². The smallest absolute Gasteiger partial charge is 0.236 e. The lowest BCUT2D eigenvalue weighted by Crippen LogP contribution is -2.47. The lowest BCUT2D eigenvalue weighted by Gasteiger charge is -2.33. The number of nitrogens with one attached hydrogen (secondary N) is 1. The van der Waals surface area contributed by atoms with Crippen LogP contribution >= 0.6 is 0 Å². The van der Waals surface area contributed by atoms with E-state index in [0.717, 1.165) is 24.2 Å². The summed E-state index contributed by atoms with van der Waals surface area (Å²) in [6, 6.07) is 19.0. The monoisotopic (exact) mass is 468 g/mol. The number of carbonyl (C=O) groups excluding carboxylic acids is 1. The lowest BCUT2D eigenvalue weighted by molar-refractivity contribution is -0.131. The van der Waals surface area contributed by atoms with Gasteiger partial charge in [-0.1, -0.05) is 18.2 Å². The molecule has 0 aliphatic carbocycles. The number of nitrogens with zero attached hydrogens (tertiary/aromatic N) is 6. The number of nitrogen functional groups attached to an aromatic ring is 1. The average Bonchev–Trinajstić information content (AvgIpc) is 3.25. The molecule has 2 aromatic heterocycles. The second-order valence-electron chi connectivity index (χ2n) is 8.30. The largest absolute Gasteiger partial charge is 0.457 e. The minimum absolute atomic E-state index is 0.0415. The molecule has 2 aromatic carbocycles. The van der Waals surface area contributed by atoms with Crippen molar-refractivity contribution in [1.29, 1.82) is 5.26 Å². The van der Waals surface area contributed by atoms with E-state index in [1.165, 1.54) is 6.33 Å². The molecular formula is C25H24N8O2.